The first-order chi connectivity index (χ1) is 10.5. The summed E-state index contributed by atoms with van der Waals surface area (Å²) in [7, 11) is 0. The predicted molar refractivity (Wildman–Crippen MR) is 88.3 cm³/mol. The summed E-state index contributed by atoms with van der Waals surface area (Å²) in [6.07, 6.45) is 1.68. The molecule has 0 aliphatic rings. The number of rotatable bonds is 6. The van der Waals surface area contributed by atoms with Gasteiger partial charge in [0.05, 0.1) is 10.0 Å². The summed E-state index contributed by atoms with van der Waals surface area (Å²) < 4.78 is 0. The van der Waals surface area contributed by atoms with Crippen molar-refractivity contribution in [2.45, 2.75) is 12.8 Å². The lowest BCUT2D eigenvalue weighted by atomic mass is 10.1. The molecule has 0 saturated heterocycles. The maximum atomic E-state index is 10.9. The lowest BCUT2D eigenvalue weighted by Gasteiger charge is -2.08. The van der Waals surface area contributed by atoms with Gasteiger partial charge in [0.2, 0.25) is 0 Å². The summed E-state index contributed by atoms with van der Waals surface area (Å²) in [5.41, 5.74) is 1.63. The Kier molecular flexibility index (Phi) is 5.52. The summed E-state index contributed by atoms with van der Waals surface area (Å²) in [4.78, 5) is 10.9. The molecule has 0 fully saturated rings. The largest absolute Gasteiger partial charge is 0.507 e. The van der Waals surface area contributed by atoms with Crippen molar-refractivity contribution < 1.29 is 15.0 Å². The molecule has 2 rings (SSSR count). The third kappa shape index (κ3) is 4.29. The second-order valence-electron chi connectivity index (χ2n) is 4.82. The Hall–Kier alpha value is -1.91. The van der Waals surface area contributed by atoms with Crippen LogP contribution in [0.1, 0.15) is 22.3 Å². The predicted octanol–water partition coefficient (Wildman–Crippen LogP) is 4.44. The van der Waals surface area contributed by atoms with E-state index in [9.17, 15) is 9.90 Å². The van der Waals surface area contributed by atoms with Crippen LogP contribution in [0.4, 0.5) is 5.69 Å². The van der Waals surface area contributed by atoms with E-state index < -0.39 is 5.97 Å². The van der Waals surface area contributed by atoms with E-state index in [1.165, 1.54) is 12.1 Å². The molecule has 6 heteroatoms. The molecule has 0 aliphatic heterocycles. The fraction of sp³-hybridized carbons (Fsp3) is 0.188. The fourth-order valence-electron chi connectivity index (χ4n) is 2.04. The lowest BCUT2D eigenvalue weighted by Crippen LogP contribution is -2.05. The molecule has 0 atom stereocenters. The van der Waals surface area contributed by atoms with Gasteiger partial charge in [0, 0.05) is 12.2 Å². The highest BCUT2D eigenvalue weighted by Gasteiger charge is 2.09. The van der Waals surface area contributed by atoms with Crippen LogP contribution in [0.5, 0.6) is 5.75 Å². The number of phenols is 1. The smallest absolute Gasteiger partial charge is 0.339 e. The molecule has 0 aromatic heterocycles. The molecule has 2 aromatic carbocycles. The van der Waals surface area contributed by atoms with Gasteiger partial charge < -0.3 is 15.5 Å². The molecule has 0 amide bonds. The van der Waals surface area contributed by atoms with Crippen molar-refractivity contribution in [2.75, 3.05) is 11.9 Å². The number of aromatic hydroxyl groups is 1. The van der Waals surface area contributed by atoms with Crippen molar-refractivity contribution >= 4 is 34.9 Å². The van der Waals surface area contributed by atoms with Crippen LogP contribution in [0.3, 0.4) is 0 Å². The minimum Gasteiger partial charge on any atom is -0.507 e. The van der Waals surface area contributed by atoms with E-state index in [1.807, 2.05) is 12.1 Å². The van der Waals surface area contributed by atoms with Gasteiger partial charge >= 0.3 is 5.97 Å². The number of hydrogen-bond donors (Lipinski definition) is 3. The van der Waals surface area contributed by atoms with Crippen LogP contribution >= 0.6 is 23.2 Å². The molecule has 0 spiro atoms. The van der Waals surface area contributed by atoms with Crippen molar-refractivity contribution in [3.63, 3.8) is 0 Å². The van der Waals surface area contributed by atoms with Gasteiger partial charge in [-0.2, -0.15) is 0 Å². The average molecular weight is 340 g/mol. The highest BCUT2D eigenvalue weighted by molar-refractivity contribution is 6.42. The molecular weight excluding hydrogens is 325 g/mol. The van der Waals surface area contributed by atoms with Crippen LogP contribution < -0.4 is 5.32 Å². The van der Waals surface area contributed by atoms with Crippen LogP contribution in [-0.2, 0) is 6.42 Å². The fourth-order valence-corrected chi connectivity index (χ4v) is 2.36. The zero-order chi connectivity index (χ0) is 16.1. The Balaban J connectivity index is 1.87. The number of aromatic carboxylic acids is 1. The Labute approximate surface area is 138 Å². The number of benzene rings is 2. The lowest BCUT2D eigenvalue weighted by molar-refractivity contribution is 0.0694. The van der Waals surface area contributed by atoms with Crippen LogP contribution in [0.25, 0.3) is 0 Å². The van der Waals surface area contributed by atoms with Crippen molar-refractivity contribution in [3.8, 4) is 5.75 Å². The summed E-state index contributed by atoms with van der Waals surface area (Å²) in [5, 5.41) is 22.6. The van der Waals surface area contributed by atoms with Gasteiger partial charge in [-0.05, 0) is 48.7 Å². The first-order valence-electron chi connectivity index (χ1n) is 6.71. The first-order valence-corrected chi connectivity index (χ1v) is 7.47. The van der Waals surface area contributed by atoms with E-state index in [0.29, 0.717) is 22.3 Å². The zero-order valence-electron chi connectivity index (χ0n) is 11.6. The van der Waals surface area contributed by atoms with Gasteiger partial charge in [0.1, 0.15) is 11.3 Å². The summed E-state index contributed by atoms with van der Waals surface area (Å²) >= 11 is 11.8. The normalized spacial score (nSPS) is 10.5. The van der Waals surface area contributed by atoms with Crippen molar-refractivity contribution in [2.24, 2.45) is 0 Å². The van der Waals surface area contributed by atoms with Gasteiger partial charge in [-0.15, -0.1) is 0 Å². The Morgan fingerprint density at radius 2 is 1.86 bits per heavy atom. The van der Waals surface area contributed by atoms with E-state index in [-0.39, 0.29) is 11.3 Å². The highest BCUT2D eigenvalue weighted by Crippen LogP contribution is 2.24. The molecule has 0 bridgehead atoms. The number of aryl methyl sites for hydroxylation is 1. The average Bonchev–Trinajstić information content (AvgIpc) is 2.48. The van der Waals surface area contributed by atoms with Gasteiger partial charge in [-0.1, -0.05) is 29.3 Å². The number of halogens is 2. The van der Waals surface area contributed by atoms with Crippen molar-refractivity contribution in [1.82, 2.24) is 0 Å². The molecule has 0 aliphatic carbocycles. The number of carboxylic acids is 1. The number of carboxylic acid groups (broad SMARTS) is 1. The van der Waals surface area contributed by atoms with Crippen LogP contribution in [-0.4, -0.2) is 22.7 Å². The summed E-state index contributed by atoms with van der Waals surface area (Å²) in [6.45, 7) is 0.671. The van der Waals surface area contributed by atoms with Crippen LogP contribution in [0, 0.1) is 0 Å². The molecule has 4 nitrogen and oxygen atoms in total. The van der Waals surface area contributed by atoms with Gasteiger partial charge in [0.25, 0.3) is 0 Å². The molecule has 0 unspecified atom stereocenters. The Morgan fingerprint density at radius 1 is 1.09 bits per heavy atom. The van der Waals surface area contributed by atoms with Crippen LogP contribution in [0.2, 0.25) is 10.0 Å². The third-order valence-corrected chi connectivity index (χ3v) is 3.92. The number of hydrogen-bond acceptors (Lipinski definition) is 3. The topological polar surface area (TPSA) is 69.6 Å². The zero-order valence-corrected chi connectivity index (χ0v) is 13.2. The van der Waals surface area contributed by atoms with E-state index >= 15 is 0 Å². The van der Waals surface area contributed by atoms with E-state index in [0.717, 1.165) is 18.4 Å². The Bertz CT molecular complexity index is 689. The summed E-state index contributed by atoms with van der Waals surface area (Å²) in [6, 6.07) is 9.96. The SMILES string of the molecule is O=C(O)c1cc(NCCCc2ccc(Cl)c(Cl)c2)ccc1O. The Morgan fingerprint density at radius 3 is 2.55 bits per heavy atom. The first kappa shape index (κ1) is 16.5. The van der Waals surface area contributed by atoms with Crippen molar-refractivity contribution in [1.29, 1.82) is 0 Å². The van der Waals surface area contributed by atoms with Gasteiger partial charge in [-0.3, -0.25) is 0 Å². The number of carbonyl (C=O) groups is 1. The molecule has 2 aromatic rings. The standard InChI is InChI=1S/C16H15Cl2NO3/c17-13-5-3-10(8-14(13)18)2-1-7-19-11-4-6-15(20)12(9-11)16(21)22/h3-6,8-9,19-20H,1-2,7H2,(H,21,22). The minimum absolute atomic E-state index is 0.116. The number of anilines is 1. The van der Waals surface area contributed by atoms with Gasteiger partial charge in [-0.25, -0.2) is 4.79 Å². The maximum absolute atomic E-state index is 10.9. The molecule has 22 heavy (non-hydrogen) atoms. The molecule has 0 saturated carbocycles. The monoisotopic (exact) mass is 339 g/mol. The maximum Gasteiger partial charge on any atom is 0.339 e. The molecule has 3 N–H and O–H groups in total. The third-order valence-electron chi connectivity index (χ3n) is 3.18. The van der Waals surface area contributed by atoms with Crippen LogP contribution in [0.15, 0.2) is 36.4 Å². The minimum atomic E-state index is -1.16. The molecular formula is C16H15Cl2NO3. The molecule has 0 heterocycles. The second kappa shape index (κ2) is 7.38. The van der Waals surface area contributed by atoms with Crippen molar-refractivity contribution in [3.05, 3.63) is 57.6 Å². The van der Waals surface area contributed by atoms with E-state index in [1.54, 1.807) is 12.1 Å². The van der Waals surface area contributed by atoms with Gasteiger partial charge in [0.15, 0.2) is 0 Å². The van der Waals surface area contributed by atoms with E-state index in [2.05, 4.69) is 5.32 Å². The summed E-state index contributed by atoms with van der Waals surface area (Å²) in [5.74, 6) is -1.40. The molecule has 0 radical (unpaired) electrons. The second-order valence-corrected chi connectivity index (χ2v) is 5.63. The highest BCUT2D eigenvalue weighted by atomic mass is 35.5. The molecule has 116 valence electrons. The number of nitrogens with one attached hydrogen (secondary N) is 1. The van der Waals surface area contributed by atoms with E-state index in [4.69, 9.17) is 28.3 Å². The quantitative estimate of drug-likeness (QED) is 0.537.